The van der Waals surface area contributed by atoms with Gasteiger partial charge < -0.3 is 11.1 Å². The van der Waals surface area contributed by atoms with Crippen molar-refractivity contribution in [3.8, 4) is 0 Å². The highest BCUT2D eigenvalue weighted by molar-refractivity contribution is 5.37. The molecule has 0 saturated heterocycles. The van der Waals surface area contributed by atoms with Crippen LogP contribution in [0.3, 0.4) is 0 Å². The SMILES string of the molecule is C=CCCNC1CC(N)c2ccccc21. The summed E-state index contributed by atoms with van der Waals surface area (Å²) < 4.78 is 0. The topological polar surface area (TPSA) is 38.0 Å². The van der Waals surface area contributed by atoms with E-state index in [-0.39, 0.29) is 6.04 Å². The highest BCUT2D eigenvalue weighted by Crippen LogP contribution is 2.36. The van der Waals surface area contributed by atoms with Gasteiger partial charge in [0, 0.05) is 12.1 Å². The van der Waals surface area contributed by atoms with Gasteiger partial charge in [0.2, 0.25) is 0 Å². The second-order valence-electron chi connectivity index (χ2n) is 4.06. The van der Waals surface area contributed by atoms with E-state index in [1.54, 1.807) is 0 Å². The molecule has 0 spiro atoms. The van der Waals surface area contributed by atoms with Crippen molar-refractivity contribution in [1.82, 2.24) is 5.32 Å². The monoisotopic (exact) mass is 202 g/mol. The normalized spacial score (nSPS) is 23.8. The maximum Gasteiger partial charge on any atom is 0.0341 e. The molecule has 0 bridgehead atoms. The second kappa shape index (κ2) is 4.60. The Bertz CT molecular complexity index is 346. The van der Waals surface area contributed by atoms with E-state index in [1.807, 2.05) is 6.08 Å². The molecule has 2 heteroatoms. The third-order valence-corrected chi connectivity index (χ3v) is 3.00. The summed E-state index contributed by atoms with van der Waals surface area (Å²) in [6.07, 6.45) is 3.96. The average Bonchev–Trinajstić information content (AvgIpc) is 2.58. The fourth-order valence-electron chi connectivity index (χ4n) is 2.23. The van der Waals surface area contributed by atoms with Crippen LogP contribution in [0, 0.1) is 0 Å². The summed E-state index contributed by atoms with van der Waals surface area (Å²) in [5.74, 6) is 0. The van der Waals surface area contributed by atoms with E-state index in [0.29, 0.717) is 6.04 Å². The molecule has 0 radical (unpaired) electrons. The van der Waals surface area contributed by atoms with Crippen molar-refractivity contribution in [2.45, 2.75) is 24.9 Å². The number of rotatable bonds is 4. The highest BCUT2D eigenvalue weighted by Gasteiger charge is 2.27. The van der Waals surface area contributed by atoms with Crippen molar-refractivity contribution in [3.05, 3.63) is 48.0 Å². The fourth-order valence-corrected chi connectivity index (χ4v) is 2.23. The van der Waals surface area contributed by atoms with Crippen LogP contribution in [0.15, 0.2) is 36.9 Å². The van der Waals surface area contributed by atoms with Crippen LogP contribution in [0.2, 0.25) is 0 Å². The minimum Gasteiger partial charge on any atom is -0.324 e. The number of fused-ring (bicyclic) bond motifs is 1. The molecule has 0 fully saturated rings. The summed E-state index contributed by atoms with van der Waals surface area (Å²) in [5.41, 5.74) is 8.75. The number of nitrogens with one attached hydrogen (secondary N) is 1. The summed E-state index contributed by atoms with van der Waals surface area (Å²) in [4.78, 5) is 0. The van der Waals surface area contributed by atoms with E-state index in [2.05, 4.69) is 36.2 Å². The first-order valence-corrected chi connectivity index (χ1v) is 5.51. The first kappa shape index (κ1) is 10.4. The van der Waals surface area contributed by atoms with Gasteiger partial charge in [-0.1, -0.05) is 30.3 Å². The zero-order chi connectivity index (χ0) is 10.7. The van der Waals surface area contributed by atoms with Gasteiger partial charge in [0.25, 0.3) is 0 Å². The summed E-state index contributed by atoms with van der Waals surface area (Å²) in [7, 11) is 0. The highest BCUT2D eigenvalue weighted by atomic mass is 14.9. The number of hydrogen-bond acceptors (Lipinski definition) is 2. The van der Waals surface area contributed by atoms with Gasteiger partial charge in [0.05, 0.1) is 0 Å². The molecule has 0 aromatic heterocycles. The first-order valence-electron chi connectivity index (χ1n) is 5.51. The van der Waals surface area contributed by atoms with Gasteiger partial charge in [0.1, 0.15) is 0 Å². The Hall–Kier alpha value is -1.12. The van der Waals surface area contributed by atoms with Crippen LogP contribution < -0.4 is 11.1 Å². The lowest BCUT2D eigenvalue weighted by atomic mass is 10.1. The fraction of sp³-hybridized carbons (Fsp3) is 0.385. The third-order valence-electron chi connectivity index (χ3n) is 3.00. The van der Waals surface area contributed by atoms with E-state index in [0.717, 1.165) is 19.4 Å². The predicted molar refractivity (Wildman–Crippen MR) is 63.5 cm³/mol. The molecule has 1 aromatic rings. The van der Waals surface area contributed by atoms with Crippen LogP contribution in [-0.4, -0.2) is 6.54 Å². The molecular formula is C13H18N2. The summed E-state index contributed by atoms with van der Waals surface area (Å²) in [5, 5.41) is 3.52. The minimum absolute atomic E-state index is 0.197. The van der Waals surface area contributed by atoms with Gasteiger partial charge in [-0.15, -0.1) is 6.58 Å². The summed E-state index contributed by atoms with van der Waals surface area (Å²) >= 11 is 0. The Morgan fingerprint density at radius 2 is 2.13 bits per heavy atom. The van der Waals surface area contributed by atoms with Gasteiger partial charge >= 0.3 is 0 Å². The lowest BCUT2D eigenvalue weighted by molar-refractivity contribution is 0.504. The van der Waals surface area contributed by atoms with Crippen LogP contribution in [0.1, 0.15) is 36.1 Å². The Balaban J connectivity index is 2.07. The van der Waals surface area contributed by atoms with Crippen molar-refractivity contribution < 1.29 is 0 Å². The summed E-state index contributed by atoms with van der Waals surface area (Å²) in [6.45, 7) is 4.70. The Morgan fingerprint density at radius 1 is 1.40 bits per heavy atom. The average molecular weight is 202 g/mol. The molecule has 0 saturated carbocycles. The summed E-state index contributed by atoms with van der Waals surface area (Å²) in [6, 6.07) is 9.07. The molecule has 1 aliphatic rings. The van der Waals surface area contributed by atoms with E-state index < -0.39 is 0 Å². The number of benzene rings is 1. The number of nitrogens with two attached hydrogens (primary N) is 1. The van der Waals surface area contributed by atoms with Gasteiger partial charge in [-0.3, -0.25) is 0 Å². The molecule has 1 aliphatic carbocycles. The van der Waals surface area contributed by atoms with E-state index in [9.17, 15) is 0 Å². The molecule has 0 heterocycles. The Morgan fingerprint density at radius 3 is 2.87 bits per heavy atom. The van der Waals surface area contributed by atoms with Crippen LogP contribution in [0.25, 0.3) is 0 Å². The molecule has 0 amide bonds. The Kier molecular flexibility index (Phi) is 3.19. The maximum absolute atomic E-state index is 6.08. The van der Waals surface area contributed by atoms with E-state index in [4.69, 9.17) is 5.73 Å². The molecule has 0 aliphatic heterocycles. The lowest BCUT2D eigenvalue weighted by Crippen LogP contribution is -2.20. The van der Waals surface area contributed by atoms with E-state index >= 15 is 0 Å². The van der Waals surface area contributed by atoms with Crippen molar-refractivity contribution in [2.75, 3.05) is 6.54 Å². The van der Waals surface area contributed by atoms with Gasteiger partial charge in [-0.25, -0.2) is 0 Å². The van der Waals surface area contributed by atoms with Crippen molar-refractivity contribution in [1.29, 1.82) is 0 Å². The Labute approximate surface area is 91.2 Å². The van der Waals surface area contributed by atoms with Crippen LogP contribution >= 0.6 is 0 Å². The molecule has 2 nitrogen and oxygen atoms in total. The standard InChI is InChI=1S/C13H18N2/c1-2-3-8-15-13-9-12(14)10-6-4-5-7-11(10)13/h2,4-7,12-13,15H,1,3,8-9,14H2. The van der Waals surface area contributed by atoms with Gasteiger partial charge in [-0.2, -0.15) is 0 Å². The van der Waals surface area contributed by atoms with Crippen molar-refractivity contribution >= 4 is 0 Å². The predicted octanol–water partition coefficient (Wildman–Crippen LogP) is 2.30. The van der Waals surface area contributed by atoms with Crippen molar-refractivity contribution in [2.24, 2.45) is 5.73 Å². The quantitative estimate of drug-likeness (QED) is 0.581. The smallest absolute Gasteiger partial charge is 0.0341 e. The molecule has 2 unspecified atom stereocenters. The van der Waals surface area contributed by atoms with Crippen LogP contribution in [0.5, 0.6) is 0 Å². The molecular weight excluding hydrogens is 184 g/mol. The number of hydrogen-bond donors (Lipinski definition) is 2. The first-order chi connectivity index (χ1) is 7.33. The second-order valence-corrected chi connectivity index (χ2v) is 4.06. The molecule has 80 valence electrons. The van der Waals surface area contributed by atoms with Crippen LogP contribution in [0.4, 0.5) is 0 Å². The largest absolute Gasteiger partial charge is 0.324 e. The molecule has 2 rings (SSSR count). The van der Waals surface area contributed by atoms with Gasteiger partial charge in [-0.05, 0) is 30.5 Å². The molecule has 2 atom stereocenters. The van der Waals surface area contributed by atoms with E-state index in [1.165, 1.54) is 11.1 Å². The molecule has 1 aromatic carbocycles. The molecule has 15 heavy (non-hydrogen) atoms. The maximum atomic E-state index is 6.08. The lowest BCUT2D eigenvalue weighted by Gasteiger charge is -2.12. The van der Waals surface area contributed by atoms with Crippen LogP contribution in [-0.2, 0) is 0 Å². The zero-order valence-corrected chi connectivity index (χ0v) is 8.95. The minimum atomic E-state index is 0.197. The zero-order valence-electron chi connectivity index (χ0n) is 8.95. The van der Waals surface area contributed by atoms with Crippen molar-refractivity contribution in [3.63, 3.8) is 0 Å². The third kappa shape index (κ3) is 2.11. The molecule has 3 N–H and O–H groups in total. The van der Waals surface area contributed by atoms with Gasteiger partial charge in [0.15, 0.2) is 0 Å².